The Balaban J connectivity index is 2.04. The molecule has 88 valence electrons. The zero-order chi connectivity index (χ0) is 11.1. The van der Waals surface area contributed by atoms with E-state index in [1.807, 2.05) is 0 Å². The van der Waals surface area contributed by atoms with E-state index in [-0.39, 0.29) is 17.8 Å². The standard InChI is InChI=1S/C11H20O3S/c1-15(13,14)5-4-11(8-12)7-9-2-3-10(11)6-9/h9-10,12H,2-8H2,1H3. The van der Waals surface area contributed by atoms with Gasteiger partial charge in [0.15, 0.2) is 0 Å². The average molecular weight is 232 g/mol. The third-order valence-electron chi connectivity index (χ3n) is 4.39. The highest BCUT2D eigenvalue weighted by Gasteiger charge is 2.50. The molecule has 0 heterocycles. The van der Waals surface area contributed by atoms with Crippen LogP contribution in [-0.4, -0.2) is 32.1 Å². The molecule has 2 aliphatic rings. The monoisotopic (exact) mass is 232 g/mol. The number of hydrogen-bond acceptors (Lipinski definition) is 3. The van der Waals surface area contributed by atoms with Crippen molar-refractivity contribution in [3.05, 3.63) is 0 Å². The second-order valence-electron chi connectivity index (χ2n) is 5.48. The van der Waals surface area contributed by atoms with Crippen LogP contribution in [0.5, 0.6) is 0 Å². The van der Waals surface area contributed by atoms with Gasteiger partial charge in [-0.1, -0.05) is 6.42 Å². The summed E-state index contributed by atoms with van der Waals surface area (Å²) in [5.74, 6) is 1.56. The Bertz CT molecular complexity index is 336. The summed E-state index contributed by atoms with van der Waals surface area (Å²) >= 11 is 0. The SMILES string of the molecule is CS(=O)(=O)CCC1(CO)CC2CCC1C2. The molecule has 3 nitrogen and oxygen atoms in total. The van der Waals surface area contributed by atoms with E-state index in [2.05, 4.69) is 0 Å². The van der Waals surface area contributed by atoms with Crippen molar-refractivity contribution in [3.8, 4) is 0 Å². The maximum Gasteiger partial charge on any atom is 0.147 e. The third kappa shape index (κ3) is 2.21. The maximum absolute atomic E-state index is 11.2. The summed E-state index contributed by atoms with van der Waals surface area (Å²) in [4.78, 5) is 0. The summed E-state index contributed by atoms with van der Waals surface area (Å²) in [5, 5.41) is 9.54. The summed E-state index contributed by atoms with van der Waals surface area (Å²) in [6.45, 7) is 0.170. The molecule has 0 saturated heterocycles. The molecule has 0 aliphatic heterocycles. The molecule has 2 saturated carbocycles. The average Bonchev–Trinajstić information content (AvgIpc) is 2.73. The van der Waals surface area contributed by atoms with Crippen molar-refractivity contribution >= 4 is 9.84 Å². The molecular formula is C11H20O3S. The lowest BCUT2D eigenvalue weighted by Gasteiger charge is -2.36. The highest BCUT2D eigenvalue weighted by molar-refractivity contribution is 7.90. The highest BCUT2D eigenvalue weighted by atomic mass is 32.2. The van der Waals surface area contributed by atoms with Crippen LogP contribution in [-0.2, 0) is 9.84 Å². The van der Waals surface area contributed by atoms with Crippen molar-refractivity contribution in [2.75, 3.05) is 18.6 Å². The fraction of sp³-hybridized carbons (Fsp3) is 1.00. The molecule has 0 spiro atoms. The van der Waals surface area contributed by atoms with E-state index in [4.69, 9.17) is 0 Å². The van der Waals surface area contributed by atoms with Crippen molar-refractivity contribution < 1.29 is 13.5 Å². The first kappa shape index (κ1) is 11.4. The molecule has 0 aromatic rings. The predicted octanol–water partition coefficient (Wildman–Crippen LogP) is 1.22. The van der Waals surface area contributed by atoms with Crippen molar-refractivity contribution in [3.63, 3.8) is 0 Å². The summed E-state index contributed by atoms with van der Waals surface area (Å²) in [5.41, 5.74) is -0.0635. The Kier molecular flexibility index (Phi) is 2.84. The van der Waals surface area contributed by atoms with E-state index >= 15 is 0 Å². The predicted molar refractivity (Wildman–Crippen MR) is 59.3 cm³/mol. The maximum atomic E-state index is 11.2. The van der Waals surface area contributed by atoms with Crippen LogP contribution in [0.15, 0.2) is 0 Å². The van der Waals surface area contributed by atoms with Gasteiger partial charge in [0.1, 0.15) is 9.84 Å². The number of fused-ring (bicyclic) bond motifs is 2. The van der Waals surface area contributed by atoms with Gasteiger partial charge in [0.05, 0.1) is 5.75 Å². The molecule has 15 heavy (non-hydrogen) atoms. The molecule has 4 heteroatoms. The van der Waals surface area contributed by atoms with Gasteiger partial charge in [-0.2, -0.15) is 0 Å². The first-order valence-electron chi connectivity index (χ1n) is 5.74. The summed E-state index contributed by atoms with van der Waals surface area (Å²) in [7, 11) is -2.89. The summed E-state index contributed by atoms with van der Waals surface area (Å²) in [6.07, 6.45) is 6.67. The second kappa shape index (κ2) is 3.74. The first-order chi connectivity index (χ1) is 6.95. The van der Waals surface area contributed by atoms with E-state index in [1.165, 1.54) is 25.5 Å². The van der Waals surface area contributed by atoms with Gasteiger partial charge in [-0.25, -0.2) is 8.42 Å². The molecule has 0 radical (unpaired) electrons. The first-order valence-corrected chi connectivity index (χ1v) is 7.80. The van der Waals surface area contributed by atoms with Gasteiger partial charge in [0, 0.05) is 12.9 Å². The smallest absolute Gasteiger partial charge is 0.147 e. The van der Waals surface area contributed by atoms with E-state index in [0.717, 1.165) is 12.3 Å². The van der Waals surface area contributed by atoms with Crippen LogP contribution < -0.4 is 0 Å². The minimum Gasteiger partial charge on any atom is -0.396 e. The van der Waals surface area contributed by atoms with Crippen LogP contribution in [0.1, 0.15) is 32.1 Å². The third-order valence-corrected chi connectivity index (χ3v) is 5.33. The molecule has 0 amide bonds. The lowest BCUT2D eigenvalue weighted by molar-refractivity contribution is 0.0619. The van der Waals surface area contributed by atoms with Crippen LogP contribution in [0.3, 0.4) is 0 Å². The number of sulfone groups is 1. The van der Waals surface area contributed by atoms with Crippen LogP contribution in [0, 0.1) is 17.3 Å². The topological polar surface area (TPSA) is 54.4 Å². The van der Waals surface area contributed by atoms with Crippen molar-refractivity contribution in [1.29, 1.82) is 0 Å². The van der Waals surface area contributed by atoms with Crippen molar-refractivity contribution in [2.24, 2.45) is 17.3 Å². The van der Waals surface area contributed by atoms with Gasteiger partial charge in [-0.15, -0.1) is 0 Å². The van der Waals surface area contributed by atoms with Gasteiger partial charge in [0.2, 0.25) is 0 Å². The zero-order valence-corrected chi connectivity index (χ0v) is 10.1. The molecule has 2 fully saturated rings. The van der Waals surface area contributed by atoms with Crippen molar-refractivity contribution in [2.45, 2.75) is 32.1 Å². The van der Waals surface area contributed by atoms with Gasteiger partial charge < -0.3 is 5.11 Å². The van der Waals surface area contributed by atoms with Crippen LogP contribution in [0.25, 0.3) is 0 Å². The Morgan fingerprint density at radius 3 is 2.53 bits per heavy atom. The van der Waals surface area contributed by atoms with Crippen molar-refractivity contribution in [1.82, 2.24) is 0 Å². The Labute approximate surface area is 91.8 Å². The zero-order valence-electron chi connectivity index (χ0n) is 9.28. The second-order valence-corrected chi connectivity index (χ2v) is 7.74. The van der Waals surface area contributed by atoms with E-state index < -0.39 is 9.84 Å². The van der Waals surface area contributed by atoms with Gasteiger partial charge >= 0.3 is 0 Å². The Morgan fingerprint density at radius 1 is 1.40 bits per heavy atom. The van der Waals surface area contributed by atoms with E-state index in [0.29, 0.717) is 12.3 Å². The number of hydrogen-bond donors (Lipinski definition) is 1. The number of aliphatic hydroxyl groups excluding tert-OH is 1. The lowest BCUT2D eigenvalue weighted by atomic mass is 9.72. The Morgan fingerprint density at radius 2 is 2.13 bits per heavy atom. The molecule has 3 unspecified atom stereocenters. The minimum absolute atomic E-state index is 0.0635. The Hall–Kier alpha value is -0.0900. The molecule has 0 aromatic heterocycles. The van der Waals surface area contributed by atoms with Crippen LogP contribution in [0.2, 0.25) is 0 Å². The van der Waals surface area contributed by atoms with E-state index in [9.17, 15) is 13.5 Å². The fourth-order valence-electron chi connectivity index (χ4n) is 3.53. The molecular weight excluding hydrogens is 212 g/mol. The molecule has 2 rings (SSSR count). The molecule has 2 bridgehead atoms. The van der Waals surface area contributed by atoms with Crippen LogP contribution >= 0.6 is 0 Å². The molecule has 0 aromatic carbocycles. The van der Waals surface area contributed by atoms with Gasteiger partial charge in [-0.05, 0) is 42.9 Å². The summed E-state index contributed by atoms with van der Waals surface area (Å²) < 4.78 is 22.3. The van der Waals surface area contributed by atoms with Crippen LogP contribution in [0.4, 0.5) is 0 Å². The molecule has 2 aliphatic carbocycles. The minimum atomic E-state index is -2.89. The van der Waals surface area contributed by atoms with Gasteiger partial charge in [-0.3, -0.25) is 0 Å². The number of aliphatic hydroxyl groups is 1. The van der Waals surface area contributed by atoms with Gasteiger partial charge in [0.25, 0.3) is 0 Å². The van der Waals surface area contributed by atoms with E-state index in [1.54, 1.807) is 0 Å². The molecule has 3 atom stereocenters. The largest absolute Gasteiger partial charge is 0.396 e. The highest BCUT2D eigenvalue weighted by Crippen LogP contribution is 2.57. The quantitative estimate of drug-likeness (QED) is 0.793. The molecule has 1 N–H and O–H groups in total. The summed E-state index contributed by atoms with van der Waals surface area (Å²) in [6, 6.07) is 0. The lowest BCUT2D eigenvalue weighted by Crippen LogP contribution is -2.33. The number of rotatable bonds is 4. The fourth-order valence-corrected chi connectivity index (χ4v) is 4.30. The normalized spacial score (nSPS) is 39.9.